The molecular formula is C17H13N3O5S2. The van der Waals surface area contributed by atoms with E-state index in [0.717, 1.165) is 10.5 Å². The smallest absolute Gasteiger partial charge is 0.264 e. The molecule has 0 unspecified atom stereocenters. The van der Waals surface area contributed by atoms with Crippen LogP contribution in [-0.2, 0) is 13.2 Å². The maximum atomic E-state index is 12.3. The van der Waals surface area contributed by atoms with E-state index in [1.54, 1.807) is 24.5 Å². The van der Waals surface area contributed by atoms with Gasteiger partial charge in [0.1, 0.15) is 4.90 Å². The van der Waals surface area contributed by atoms with Crippen LogP contribution in [0.25, 0.3) is 6.08 Å². The molecule has 27 heavy (non-hydrogen) atoms. The van der Waals surface area contributed by atoms with Crippen molar-refractivity contribution in [3.05, 3.63) is 53.2 Å². The molecular weight excluding hydrogens is 390 g/mol. The minimum absolute atomic E-state index is 0.166. The van der Waals surface area contributed by atoms with Crippen LogP contribution in [0.2, 0.25) is 0 Å². The van der Waals surface area contributed by atoms with Gasteiger partial charge in [-0.05, 0) is 47.7 Å². The molecule has 10 heteroatoms. The summed E-state index contributed by atoms with van der Waals surface area (Å²) in [6.07, 6.45) is 5.10. The van der Waals surface area contributed by atoms with Crippen molar-refractivity contribution in [1.29, 1.82) is 0 Å². The van der Waals surface area contributed by atoms with Crippen LogP contribution < -0.4 is 14.8 Å². The molecule has 8 nitrogen and oxygen atoms in total. The first-order valence-corrected chi connectivity index (χ1v) is 10.2. The maximum absolute atomic E-state index is 12.3. The Morgan fingerprint density at radius 1 is 1.19 bits per heavy atom. The molecule has 5 rings (SSSR count). The number of rotatable bonds is 3. The molecule has 1 aromatic heterocycles. The van der Waals surface area contributed by atoms with Crippen LogP contribution in [0.15, 0.2) is 56.9 Å². The molecule has 1 N–H and O–H groups in total. The second-order valence-electron chi connectivity index (χ2n) is 5.59. The fourth-order valence-corrected chi connectivity index (χ4v) is 5.22. The van der Waals surface area contributed by atoms with Crippen molar-refractivity contribution < 1.29 is 22.6 Å². The van der Waals surface area contributed by atoms with Gasteiger partial charge in [-0.25, -0.2) is 8.37 Å². The van der Waals surface area contributed by atoms with Crippen molar-refractivity contribution in [3.63, 3.8) is 0 Å². The van der Waals surface area contributed by atoms with E-state index < -0.39 is 10.8 Å². The molecule has 1 amide bonds. The zero-order valence-electron chi connectivity index (χ0n) is 13.8. The summed E-state index contributed by atoms with van der Waals surface area (Å²) in [6, 6.07) is 9.15. The fourth-order valence-electron chi connectivity index (χ4n) is 2.62. The van der Waals surface area contributed by atoms with Gasteiger partial charge < -0.3 is 9.47 Å². The van der Waals surface area contributed by atoms with Gasteiger partial charge in [0, 0.05) is 6.20 Å². The first-order valence-electron chi connectivity index (χ1n) is 7.94. The largest absolute Gasteiger partial charge is 0.454 e. The first kappa shape index (κ1) is 16.6. The summed E-state index contributed by atoms with van der Waals surface area (Å²) in [5.74, 6) is 1.14. The summed E-state index contributed by atoms with van der Waals surface area (Å²) in [4.78, 5) is 17.7. The number of hydrogen-bond acceptors (Lipinski definition) is 8. The Bertz CT molecular complexity index is 976. The summed E-state index contributed by atoms with van der Waals surface area (Å²) in [5, 5.41) is 3.20. The van der Waals surface area contributed by atoms with Gasteiger partial charge in [0.05, 0.1) is 11.1 Å². The number of amidine groups is 1. The Morgan fingerprint density at radius 2 is 2.07 bits per heavy atom. The van der Waals surface area contributed by atoms with E-state index in [-0.39, 0.29) is 19.5 Å². The SMILES string of the molecule is O=C1NC(=NS2(c3cccnc3)OCO2)S/C1=C\c1ccc2c(c1)OCO2. The van der Waals surface area contributed by atoms with Gasteiger partial charge in [0.25, 0.3) is 5.91 Å². The van der Waals surface area contributed by atoms with Crippen molar-refractivity contribution in [2.45, 2.75) is 4.90 Å². The number of ether oxygens (including phenoxy) is 2. The molecule has 2 aromatic rings. The number of carbonyl (C=O) groups excluding carboxylic acids is 1. The standard InChI is InChI=1S/C17H13N3O5S2/c21-16-15(7-11-3-4-13-14(6-11)23-9-22-13)26-17(19-16)20-27(24-10-25-27)12-2-1-5-18-8-12/h1-8H,9-10H2,(H,19,20,21)/b15-7-. The summed E-state index contributed by atoms with van der Waals surface area (Å²) in [5.41, 5.74) is 0.837. The number of thioether (sulfide) groups is 1. The number of nitrogens with one attached hydrogen (secondary N) is 1. The number of pyridine rings is 1. The number of amides is 1. The number of hydrogen-bond donors (Lipinski definition) is 1. The number of fused-ring (bicyclic) bond motifs is 1. The summed E-state index contributed by atoms with van der Waals surface area (Å²) in [7, 11) is -2.26. The highest BCUT2D eigenvalue weighted by atomic mass is 32.3. The number of nitrogens with zero attached hydrogens (tertiary/aromatic N) is 2. The van der Waals surface area contributed by atoms with E-state index in [1.807, 2.05) is 24.3 Å². The molecule has 0 spiro atoms. The topological polar surface area (TPSA) is 91.3 Å². The quantitative estimate of drug-likeness (QED) is 0.788. The molecule has 2 saturated heterocycles. The van der Waals surface area contributed by atoms with Gasteiger partial charge in [-0.3, -0.25) is 15.1 Å². The highest BCUT2D eigenvalue weighted by Gasteiger charge is 2.36. The predicted octanol–water partition coefficient (Wildman–Crippen LogP) is 2.98. The molecule has 0 radical (unpaired) electrons. The van der Waals surface area contributed by atoms with Crippen molar-refractivity contribution in [1.82, 2.24) is 10.3 Å². The van der Waals surface area contributed by atoms with Crippen molar-refractivity contribution in [2.75, 3.05) is 13.6 Å². The van der Waals surface area contributed by atoms with Crippen LogP contribution in [0.1, 0.15) is 5.56 Å². The van der Waals surface area contributed by atoms with E-state index in [4.69, 9.17) is 17.8 Å². The van der Waals surface area contributed by atoms with Gasteiger partial charge in [-0.15, -0.1) is 4.40 Å². The lowest BCUT2D eigenvalue weighted by molar-refractivity contribution is -0.115. The lowest BCUT2D eigenvalue weighted by atomic mass is 10.2. The third-order valence-electron chi connectivity index (χ3n) is 3.90. The molecule has 1 aromatic carbocycles. The second kappa shape index (κ2) is 6.57. The van der Waals surface area contributed by atoms with Crippen molar-refractivity contribution >= 4 is 39.7 Å². The Kier molecular flexibility index (Phi) is 4.05. The molecule has 0 aliphatic carbocycles. The Balaban J connectivity index is 1.41. The molecule has 4 heterocycles. The summed E-state index contributed by atoms with van der Waals surface area (Å²) >= 11 is 1.24. The van der Waals surface area contributed by atoms with Gasteiger partial charge in [0.15, 0.2) is 23.5 Å². The van der Waals surface area contributed by atoms with Crippen LogP contribution in [0, 0.1) is 0 Å². The molecule has 0 atom stereocenters. The molecule has 0 bridgehead atoms. The second-order valence-corrected chi connectivity index (χ2v) is 8.70. The fraction of sp³-hybridized carbons (Fsp3) is 0.118. The van der Waals surface area contributed by atoms with E-state index in [2.05, 4.69) is 14.7 Å². The minimum Gasteiger partial charge on any atom is -0.454 e. The number of benzene rings is 1. The average molecular weight is 403 g/mol. The monoisotopic (exact) mass is 403 g/mol. The highest BCUT2D eigenvalue weighted by Crippen LogP contribution is 2.65. The molecule has 3 aliphatic heterocycles. The zero-order chi connectivity index (χ0) is 18.3. The lowest BCUT2D eigenvalue weighted by Crippen LogP contribution is -2.25. The predicted molar refractivity (Wildman–Crippen MR) is 101 cm³/mol. The van der Waals surface area contributed by atoms with Crippen LogP contribution >= 0.6 is 22.5 Å². The van der Waals surface area contributed by atoms with Crippen LogP contribution in [0.5, 0.6) is 11.5 Å². The average Bonchev–Trinajstić information content (AvgIpc) is 3.25. The van der Waals surface area contributed by atoms with Crippen LogP contribution in [0.4, 0.5) is 0 Å². The van der Waals surface area contributed by atoms with E-state index >= 15 is 0 Å². The van der Waals surface area contributed by atoms with E-state index in [9.17, 15) is 4.79 Å². The highest BCUT2D eigenvalue weighted by molar-refractivity contribution is 8.27. The molecule has 0 saturated carbocycles. The molecule has 3 aliphatic rings. The summed E-state index contributed by atoms with van der Waals surface area (Å²) < 4.78 is 26.5. The molecule has 2 fully saturated rings. The van der Waals surface area contributed by atoms with Crippen LogP contribution in [-0.4, -0.2) is 29.6 Å². The Labute approximate surface area is 160 Å². The maximum Gasteiger partial charge on any atom is 0.264 e. The van der Waals surface area contributed by atoms with Gasteiger partial charge in [-0.2, -0.15) is 0 Å². The third-order valence-corrected chi connectivity index (χ3v) is 7.01. The van der Waals surface area contributed by atoms with E-state index in [0.29, 0.717) is 21.6 Å². The van der Waals surface area contributed by atoms with Crippen molar-refractivity contribution in [3.8, 4) is 11.5 Å². The van der Waals surface area contributed by atoms with Gasteiger partial charge in [0.2, 0.25) is 6.79 Å². The first-order chi connectivity index (χ1) is 13.2. The lowest BCUT2D eigenvalue weighted by Gasteiger charge is -2.45. The molecule has 138 valence electrons. The van der Waals surface area contributed by atoms with Gasteiger partial charge in [-0.1, -0.05) is 16.8 Å². The zero-order valence-corrected chi connectivity index (χ0v) is 15.4. The van der Waals surface area contributed by atoms with E-state index in [1.165, 1.54) is 11.8 Å². The normalized spacial score (nSPS) is 23.9. The van der Waals surface area contributed by atoms with Gasteiger partial charge >= 0.3 is 0 Å². The number of aromatic nitrogens is 1. The summed E-state index contributed by atoms with van der Waals surface area (Å²) in [6.45, 7) is 0.375. The Morgan fingerprint density at radius 3 is 2.85 bits per heavy atom. The number of carbonyl (C=O) groups is 1. The third kappa shape index (κ3) is 3.06. The van der Waals surface area contributed by atoms with Crippen molar-refractivity contribution in [2.24, 2.45) is 4.40 Å². The minimum atomic E-state index is -2.26. The van der Waals surface area contributed by atoms with Crippen LogP contribution in [0.3, 0.4) is 0 Å². The Hall–Kier alpha value is -2.53.